The number of para-hydroxylation sites is 2. The molecular formula is C22H17N3O4S2. The minimum absolute atomic E-state index is 0.0196. The number of fused-ring (bicyclic) bond motifs is 2. The normalized spacial score (nSPS) is 13.9. The van der Waals surface area contributed by atoms with E-state index in [1.165, 1.54) is 22.5 Å². The van der Waals surface area contributed by atoms with Crippen molar-refractivity contribution in [3.8, 4) is 5.69 Å². The summed E-state index contributed by atoms with van der Waals surface area (Å²) < 4.78 is 29.3. The molecule has 9 heteroatoms. The Bertz CT molecular complexity index is 1540. The molecule has 0 atom stereocenters. The third-order valence-corrected chi connectivity index (χ3v) is 8.01. The molecule has 0 spiro atoms. The summed E-state index contributed by atoms with van der Waals surface area (Å²) in [5.74, 6) is 0.639. The van der Waals surface area contributed by atoms with Crippen molar-refractivity contribution in [3.63, 3.8) is 0 Å². The predicted molar refractivity (Wildman–Crippen MR) is 122 cm³/mol. The van der Waals surface area contributed by atoms with E-state index < -0.39 is 21.3 Å². The lowest BCUT2D eigenvalue weighted by molar-refractivity contribution is 0.591. The van der Waals surface area contributed by atoms with Crippen LogP contribution in [0.5, 0.6) is 0 Å². The van der Waals surface area contributed by atoms with Crippen molar-refractivity contribution in [2.75, 3.05) is 16.6 Å². The molecule has 5 rings (SSSR count). The lowest BCUT2D eigenvalue weighted by Gasteiger charge is -2.30. The van der Waals surface area contributed by atoms with Crippen molar-refractivity contribution >= 4 is 38.4 Å². The van der Waals surface area contributed by atoms with E-state index in [4.69, 9.17) is 0 Å². The van der Waals surface area contributed by atoms with Gasteiger partial charge in [0, 0.05) is 17.2 Å². The van der Waals surface area contributed by atoms with Crippen LogP contribution in [0.3, 0.4) is 0 Å². The van der Waals surface area contributed by atoms with Gasteiger partial charge >= 0.3 is 5.69 Å². The van der Waals surface area contributed by atoms with E-state index in [-0.39, 0.29) is 10.6 Å². The number of hydrogen-bond acceptors (Lipinski definition) is 5. The van der Waals surface area contributed by atoms with Gasteiger partial charge in [0.15, 0.2) is 0 Å². The molecule has 2 heterocycles. The molecule has 1 aliphatic rings. The molecular weight excluding hydrogens is 434 g/mol. The second kappa shape index (κ2) is 7.44. The maximum absolute atomic E-state index is 13.5. The van der Waals surface area contributed by atoms with Gasteiger partial charge in [0.2, 0.25) is 0 Å². The van der Waals surface area contributed by atoms with Gasteiger partial charge < -0.3 is 4.98 Å². The molecule has 0 saturated carbocycles. The second-order valence-electron chi connectivity index (χ2n) is 7.01. The summed E-state index contributed by atoms with van der Waals surface area (Å²) in [6.07, 6.45) is 0. The van der Waals surface area contributed by atoms with E-state index in [9.17, 15) is 18.0 Å². The van der Waals surface area contributed by atoms with Crippen molar-refractivity contribution in [2.45, 2.75) is 9.79 Å². The first-order chi connectivity index (χ1) is 15.0. The molecule has 0 saturated heterocycles. The van der Waals surface area contributed by atoms with Crippen LogP contribution in [0.4, 0.5) is 5.69 Å². The zero-order valence-corrected chi connectivity index (χ0v) is 17.8. The fraction of sp³-hybridized carbons (Fsp3) is 0.0909. The van der Waals surface area contributed by atoms with Crippen molar-refractivity contribution < 1.29 is 8.42 Å². The Morgan fingerprint density at radius 3 is 2.55 bits per heavy atom. The van der Waals surface area contributed by atoms with E-state index in [1.807, 2.05) is 12.1 Å². The molecule has 0 bridgehead atoms. The lowest BCUT2D eigenvalue weighted by Crippen LogP contribution is -2.36. The van der Waals surface area contributed by atoms with E-state index in [0.29, 0.717) is 28.9 Å². The monoisotopic (exact) mass is 451 g/mol. The number of sulfonamides is 1. The number of aromatic nitrogens is 2. The van der Waals surface area contributed by atoms with Gasteiger partial charge in [-0.25, -0.2) is 17.8 Å². The molecule has 1 aromatic heterocycles. The van der Waals surface area contributed by atoms with Crippen LogP contribution in [-0.2, 0) is 10.0 Å². The summed E-state index contributed by atoms with van der Waals surface area (Å²) in [5, 5.41) is 0.345. The zero-order chi connectivity index (χ0) is 21.6. The lowest BCUT2D eigenvalue weighted by atomic mass is 10.2. The van der Waals surface area contributed by atoms with Crippen molar-refractivity contribution in [1.29, 1.82) is 0 Å². The van der Waals surface area contributed by atoms with Crippen LogP contribution in [0.2, 0.25) is 0 Å². The highest BCUT2D eigenvalue weighted by atomic mass is 32.2. The number of nitrogens with one attached hydrogen (secondary N) is 1. The highest BCUT2D eigenvalue weighted by molar-refractivity contribution is 8.00. The third kappa shape index (κ3) is 3.26. The number of nitrogens with zero attached hydrogens (tertiary/aromatic N) is 2. The molecule has 1 aliphatic heterocycles. The number of thioether (sulfide) groups is 1. The molecule has 0 aliphatic carbocycles. The molecule has 0 radical (unpaired) electrons. The quantitative estimate of drug-likeness (QED) is 0.517. The summed E-state index contributed by atoms with van der Waals surface area (Å²) in [5.41, 5.74) is 0.120. The Balaban J connectivity index is 1.65. The number of aromatic amines is 1. The summed E-state index contributed by atoms with van der Waals surface area (Å²) in [4.78, 5) is 29.2. The van der Waals surface area contributed by atoms with Crippen LogP contribution in [0, 0.1) is 0 Å². The van der Waals surface area contributed by atoms with Crippen LogP contribution < -0.4 is 15.6 Å². The molecule has 0 amide bonds. The summed E-state index contributed by atoms with van der Waals surface area (Å²) in [7, 11) is -3.88. The van der Waals surface area contributed by atoms with Gasteiger partial charge in [-0.2, -0.15) is 0 Å². The van der Waals surface area contributed by atoms with Crippen molar-refractivity contribution in [2.24, 2.45) is 0 Å². The smallest absolute Gasteiger partial charge is 0.306 e. The van der Waals surface area contributed by atoms with E-state index in [2.05, 4.69) is 4.98 Å². The van der Waals surface area contributed by atoms with Crippen molar-refractivity contribution in [1.82, 2.24) is 9.55 Å². The fourth-order valence-electron chi connectivity index (χ4n) is 3.70. The highest BCUT2D eigenvalue weighted by Gasteiger charge is 2.29. The maximum Gasteiger partial charge on any atom is 0.333 e. The Morgan fingerprint density at radius 2 is 1.68 bits per heavy atom. The van der Waals surface area contributed by atoms with Crippen LogP contribution >= 0.6 is 11.8 Å². The first-order valence-electron chi connectivity index (χ1n) is 9.56. The summed E-state index contributed by atoms with van der Waals surface area (Å²) in [6, 6.07) is 20.0. The number of H-pyrrole nitrogens is 1. The summed E-state index contributed by atoms with van der Waals surface area (Å²) >= 11 is 1.61. The number of anilines is 1. The number of benzene rings is 3. The van der Waals surface area contributed by atoms with Crippen LogP contribution in [0.1, 0.15) is 0 Å². The topological polar surface area (TPSA) is 92.2 Å². The van der Waals surface area contributed by atoms with Crippen LogP contribution in [0.25, 0.3) is 16.6 Å². The van der Waals surface area contributed by atoms with Crippen LogP contribution in [0.15, 0.2) is 92.2 Å². The first kappa shape index (κ1) is 19.7. The zero-order valence-electron chi connectivity index (χ0n) is 16.2. The molecule has 0 fully saturated rings. The SMILES string of the molecule is O=c1[nH]c2ccccc2c(=O)n1-c1cccc(S(=O)(=O)N2CCSc3ccccc32)c1. The Morgan fingerprint density at radius 1 is 0.903 bits per heavy atom. The number of rotatable bonds is 3. The third-order valence-electron chi connectivity index (χ3n) is 5.15. The van der Waals surface area contributed by atoms with E-state index >= 15 is 0 Å². The first-order valence-corrected chi connectivity index (χ1v) is 12.0. The average molecular weight is 452 g/mol. The number of hydrogen-bond donors (Lipinski definition) is 1. The standard InChI is InChI=1S/C22H17N3O4S2/c26-21-17-8-1-2-9-18(17)23-22(27)25(21)15-6-5-7-16(14-15)31(28,29)24-12-13-30-20-11-4-3-10-19(20)24/h1-11,14H,12-13H2,(H,23,27). The molecule has 0 unspecified atom stereocenters. The molecule has 156 valence electrons. The summed E-state index contributed by atoms with van der Waals surface area (Å²) in [6.45, 7) is 0.338. The molecule has 7 nitrogen and oxygen atoms in total. The predicted octanol–water partition coefficient (Wildman–Crippen LogP) is 2.98. The van der Waals surface area contributed by atoms with Crippen molar-refractivity contribution in [3.05, 3.63) is 93.6 Å². The molecule has 31 heavy (non-hydrogen) atoms. The fourth-order valence-corrected chi connectivity index (χ4v) is 6.39. The second-order valence-corrected chi connectivity index (χ2v) is 10.0. The van der Waals surface area contributed by atoms with Gasteiger partial charge in [0.1, 0.15) is 0 Å². The highest BCUT2D eigenvalue weighted by Crippen LogP contribution is 2.37. The molecule has 1 N–H and O–H groups in total. The molecule has 3 aromatic carbocycles. The molecule has 4 aromatic rings. The van der Waals surface area contributed by atoms with Gasteiger partial charge in [-0.3, -0.25) is 9.10 Å². The van der Waals surface area contributed by atoms with E-state index in [0.717, 1.165) is 9.46 Å². The van der Waals surface area contributed by atoms with Gasteiger partial charge in [0.05, 0.1) is 27.2 Å². The van der Waals surface area contributed by atoms with Gasteiger partial charge in [-0.05, 0) is 42.5 Å². The van der Waals surface area contributed by atoms with Gasteiger partial charge in [-0.1, -0.05) is 30.3 Å². The van der Waals surface area contributed by atoms with Gasteiger partial charge in [-0.15, -0.1) is 11.8 Å². The van der Waals surface area contributed by atoms with E-state index in [1.54, 1.807) is 54.2 Å². The minimum atomic E-state index is -3.88. The Kier molecular flexibility index (Phi) is 4.71. The average Bonchev–Trinajstić information content (AvgIpc) is 2.79. The van der Waals surface area contributed by atoms with Gasteiger partial charge in [0.25, 0.3) is 15.6 Å². The maximum atomic E-state index is 13.5. The minimum Gasteiger partial charge on any atom is -0.306 e. The van der Waals surface area contributed by atoms with Crippen LogP contribution in [-0.4, -0.2) is 30.3 Å². The largest absolute Gasteiger partial charge is 0.333 e. The Hall–Kier alpha value is -3.30. The Labute approximate surface area is 182 Å².